The Morgan fingerprint density at radius 1 is 1.43 bits per heavy atom. The molecule has 1 aliphatic heterocycles. The smallest absolute Gasteiger partial charge is 0.255 e. The summed E-state index contributed by atoms with van der Waals surface area (Å²) in [7, 11) is 0. The van der Waals surface area contributed by atoms with E-state index in [1.807, 2.05) is 0 Å². The van der Waals surface area contributed by atoms with E-state index in [4.69, 9.17) is 9.84 Å². The maximum absolute atomic E-state index is 12.2. The van der Waals surface area contributed by atoms with Crippen molar-refractivity contribution in [3.63, 3.8) is 0 Å². The summed E-state index contributed by atoms with van der Waals surface area (Å²) in [6.07, 6.45) is -0.289. The second-order valence-electron chi connectivity index (χ2n) is 4.72. The molecule has 21 heavy (non-hydrogen) atoms. The van der Waals surface area contributed by atoms with Gasteiger partial charge in [0.2, 0.25) is 0 Å². The number of H-pyrrole nitrogens is 1. The monoisotopic (exact) mass is 294 g/mol. The molecule has 9 nitrogen and oxygen atoms in total. The van der Waals surface area contributed by atoms with Crippen LogP contribution in [-0.2, 0) is 4.74 Å². The molecule has 1 fully saturated rings. The molecule has 2 aromatic rings. The van der Waals surface area contributed by atoms with Crippen LogP contribution in [-0.4, -0.2) is 67.3 Å². The summed E-state index contributed by atoms with van der Waals surface area (Å²) in [4.78, 5) is 22.8. The highest BCUT2D eigenvalue weighted by atomic mass is 16.6. The van der Waals surface area contributed by atoms with Gasteiger partial charge in [0.25, 0.3) is 5.91 Å². The summed E-state index contributed by atoms with van der Waals surface area (Å²) in [5.74, 6) is -0.508. The first kappa shape index (κ1) is 13.9. The Balaban J connectivity index is 1.78. The van der Waals surface area contributed by atoms with E-state index >= 15 is 0 Å². The number of aromatic amines is 1. The zero-order chi connectivity index (χ0) is 15.0. The normalized spacial score (nSPS) is 28.9. The van der Waals surface area contributed by atoms with Crippen molar-refractivity contribution < 1.29 is 24.9 Å². The Hall–Kier alpha value is -2.07. The Labute approximate surface area is 118 Å². The van der Waals surface area contributed by atoms with E-state index in [2.05, 4.69) is 20.3 Å². The summed E-state index contributed by atoms with van der Waals surface area (Å²) in [5.41, 5.74) is 0.805. The van der Waals surface area contributed by atoms with Crippen LogP contribution in [0.1, 0.15) is 10.4 Å². The number of rotatable bonds is 3. The zero-order valence-electron chi connectivity index (χ0n) is 10.8. The van der Waals surface area contributed by atoms with Gasteiger partial charge in [0.1, 0.15) is 30.3 Å². The largest absolute Gasteiger partial charge is 0.394 e. The van der Waals surface area contributed by atoms with Crippen LogP contribution in [0.2, 0.25) is 0 Å². The van der Waals surface area contributed by atoms with Crippen molar-refractivity contribution in [2.45, 2.75) is 24.5 Å². The fraction of sp³-hybridized carbons (Fsp3) is 0.417. The number of amides is 1. The van der Waals surface area contributed by atoms with Crippen LogP contribution >= 0.6 is 0 Å². The van der Waals surface area contributed by atoms with Crippen LogP contribution < -0.4 is 5.32 Å². The van der Waals surface area contributed by atoms with Crippen molar-refractivity contribution >= 4 is 16.9 Å². The minimum atomic E-state index is -1.31. The van der Waals surface area contributed by atoms with Crippen molar-refractivity contribution in [3.05, 3.63) is 24.3 Å². The van der Waals surface area contributed by atoms with Crippen molar-refractivity contribution in [1.82, 2.24) is 20.3 Å². The fourth-order valence-electron chi connectivity index (χ4n) is 2.27. The van der Waals surface area contributed by atoms with Gasteiger partial charge in [-0.1, -0.05) is 0 Å². The SMILES string of the molecule is O=C(NC1O[C@H](CO)[C@@H](O)[C@H]1O)c1c[nH]c2ncncc12. The quantitative estimate of drug-likeness (QED) is 0.446. The van der Waals surface area contributed by atoms with Crippen LogP contribution in [0.4, 0.5) is 0 Å². The Bertz CT molecular complexity index is 660. The van der Waals surface area contributed by atoms with Crippen molar-refractivity contribution in [2.75, 3.05) is 6.61 Å². The predicted molar refractivity (Wildman–Crippen MR) is 69.1 cm³/mol. The topological polar surface area (TPSA) is 141 Å². The molecule has 0 spiro atoms. The lowest BCUT2D eigenvalue weighted by molar-refractivity contribution is -0.0304. The highest BCUT2D eigenvalue weighted by molar-refractivity contribution is 6.05. The van der Waals surface area contributed by atoms with Gasteiger partial charge in [-0.25, -0.2) is 9.97 Å². The number of carbonyl (C=O) groups is 1. The molecule has 0 radical (unpaired) electrons. The van der Waals surface area contributed by atoms with E-state index in [1.54, 1.807) is 0 Å². The standard InChI is InChI=1S/C12H14N4O5/c17-3-7-8(18)9(19)12(21-7)16-11(20)6-2-14-10-5(6)1-13-4-15-10/h1-2,4,7-9,12,17-19H,3H2,(H,16,20)(H,13,14,15)/t7-,8-,9-,12?/m1/s1. The Kier molecular flexibility index (Phi) is 3.55. The van der Waals surface area contributed by atoms with E-state index in [0.29, 0.717) is 16.6 Å². The fourth-order valence-corrected chi connectivity index (χ4v) is 2.27. The number of carbonyl (C=O) groups excluding carboxylic acids is 1. The predicted octanol–water partition coefficient (Wildman–Crippen LogP) is -1.87. The van der Waals surface area contributed by atoms with Crippen LogP contribution in [0, 0.1) is 0 Å². The molecule has 2 aromatic heterocycles. The lowest BCUT2D eigenvalue weighted by atomic mass is 10.1. The van der Waals surface area contributed by atoms with Gasteiger partial charge in [-0.3, -0.25) is 4.79 Å². The van der Waals surface area contributed by atoms with E-state index in [-0.39, 0.29) is 0 Å². The van der Waals surface area contributed by atoms with Gasteiger partial charge in [0.05, 0.1) is 12.2 Å². The number of hydrogen-bond donors (Lipinski definition) is 5. The molecular formula is C12H14N4O5. The van der Waals surface area contributed by atoms with Gasteiger partial charge in [-0.2, -0.15) is 0 Å². The van der Waals surface area contributed by atoms with E-state index < -0.39 is 37.1 Å². The molecule has 0 saturated carbocycles. The van der Waals surface area contributed by atoms with Crippen LogP contribution in [0.5, 0.6) is 0 Å². The van der Waals surface area contributed by atoms with Crippen molar-refractivity contribution in [3.8, 4) is 0 Å². The molecule has 112 valence electrons. The molecule has 0 aromatic carbocycles. The van der Waals surface area contributed by atoms with E-state index in [1.165, 1.54) is 18.7 Å². The summed E-state index contributed by atoms with van der Waals surface area (Å²) in [6.45, 7) is -0.453. The number of aliphatic hydroxyl groups is 3. The second kappa shape index (κ2) is 5.37. The third-order valence-corrected chi connectivity index (χ3v) is 3.42. The third kappa shape index (κ3) is 2.36. The molecule has 3 rings (SSSR count). The lowest BCUT2D eigenvalue weighted by Gasteiger charge is -2.16. The summed E-state index contributed by atoms with van der Waals surface area (Å²) >= 11 is 0. The lowest BCUT2D eigenvalue weighted by Crippen LogP contribution is -2.43. The number of fused-ring (bicyclic) bond motifs is 1. The molecule has 3 heterocycles. The second-order valence-corrected chi connectivity index (χ2v) is 4.72. The molecule has 1 amide bonds. The molecule has 0 aliphatic carbocycles. The molecule has 1 saturated heterocycles. The van der Waals surface area contributed by atoms with E-state index in [9.17, 15) is 15.0 Å². The average molecular weight is 294 g/mol. The molecule has 0 bridgehead atoms. The first-order valence-corrected chi connectivity index (χ1v) is 6.32. The summed E-state index contributed by atoms with van der Waals surface area (Å²) in [5, 5.41) is 31.4. The minimum absolute atomic E-state index is 0.295. The highest BCUT2D eigenvalue weighted by Crippen LogP contribution is 2.21. The zero-order valence-corrected chi connectivity index (χ0v) is 10.8. The van der Waals surface area contributed by atoms with Gasteiger partial charge in [-0.05, 0) is 0 Å². The molecular weight excluding hydrogens is 280 g/mol. The van der Waals surface area contributed by atoms with Gasteiger partial charge >= 0.3 is 0 Å². The van der Waals surface area contributed by atoms with Crippen molar-refractivity contribution in [1.29, 1.82) is 0 Å². The maximum atomic E-state index is 12.2. The number of nitrogens with one attached hydrogen (secondary N) is 2. The molecule has 9 heteroatoms. The van der Waals surface area contributed by atoms with Crippen LogP contribution in [0.25, 0.3) is 11.0 Å². The van der Waals surface area contributed by atoms with Crippen LogP contribution in [0.15, 0.2) is 18.7 Å². The maximum Gasteiger partial charge on any atom is 0.255 e. The highest BCUT2D eigenvalue weighted by Gasteiger charge is 2.43. The van der Waals surface area contributed by atoms with Gasteiger partial charge in [-0.15, -0.1) is 0 Å². The first-order chi connectivity index (χ1) is 10.1. The molecule has 1 unspecified atom stereocenters. The molecule has 5 N–H and O–H groups in total. The number of aromatic nitrogens is 3. The summed E-state index contributed by atoms with van der Waals surface area (Å²) < 4.78 is 5.19. The molecule has 4 atom stereocenters. The Morgan fingerprint density at radius 3 is 2.95 bits per heavy atom. The van der Waals surface area contributed by atoms with Crippen molar-refractivity contribution in [2.24, 2.45) is 0 Å². The van der Waals surface area contributed by atoms with Gasteiger partial charge in [0, 0.05) is 17.8 Å². The summed E-state index contributed by atoms with van der Waals surface area (Å²) in [6, 6.07) is 0. The Morgan fingerprint density at radius 2 is 2.24 bits per heavy atom. The number of ether oxygens (including phenoxy) is 1. The number of hydrogen-bond acceptors (Lipinski definition) is 7. The number of aliphatic hydroxyl groups excluding tert-OH is 3. The van der Waals surface area contributed by atoms with Crippen LogP contribution in [0.3, 0.4) is 0 Å². The van der Waals surface area contributed by atoms with E-state index in [0.717, 1.165) is 0 Å². The van der Waals surface area contributed by atoms with Gasteiger partial charge < -0.3 is 30.4 Å². The molecule has 1 aliphatic rings. The third-order valence-electron chi connectivity index (χ3n) is 3.42. The number of nitrogens with zero attached hydrogens (tertiary/aromatic N) is 2. The average Bonchev–Trinajstić information content (AvgIpc) is 3.03. The first-order valence-electron chi connectivity index (χ1n) is 6.32. The minimum Gasteiger partial charge on any atom is -0.394 e. The van der Waals surface area contributed by atoms with Gasteiger partial charge in [0.15, 0.2) is 6.23 Å².